The predicted molar refractivity (Wildman–Crippen MR) is 273 cm³/mol. The van der Waals surface area contributed by atoms with E-state index in [-0.39, 0.29) is 44.1 Å². The zero-order valence-electron chi connectivity index (χ0n) is 40.3. The second-order valence-corrected chi connectivity index (χ2v) is 19.2. The third-order valence-electron chi connectivity index (χ3n) is 12.6. The van der Waals surface area contributed by atoms with Gasteiger partial charge < -0.3 is 5.11 Å². The molecule has 0 unspecified atom stereocenters. The zero-order chi connectivity index (χ0) is 46.5. The average Bonchev–Trinajstić information content (AvgIpc) is 3.71. The van der Waals surface area contributed by atoms with E-state index in [1.165, 1.54) is 11.1 Å². The summed E-state index contributed by atoms with van der Waals surface area (Å²) in [6.07, 6.45) is 1.89. The number of benzene rings is 7. The van der Waals surface area contributed by atoms with Crippen LogP contribution in [0.15, 0.2) is 164 Å². The van der Waals surface area contributed by atoms with Crippen LogP contribution >= 0.6 is 0 Å². The van der Waals surface area contributed by atoms with Gasteiger partial charge in [-0.05, 0) is 104 Å². The first-order valence-corrected chi connectivity index (χ1v) is 22.8. The summed E-state index contributed by atoms with van der Waals surface area (Å²) in [4.78, 5) is 10.5. The second kappa shape index (κ2) is 18.9. The van der Waals surface area contributed by atoms with Gasteiger partial charge in [0.25, 0.3) is 0 Å². The number of pyridine rings is 1. The second-order valence-electron chi connectivity index (χ2n) is 19.2. The molecule has 0 saturated heterocycles. The smallest absolute Gasteiger partial charge is 0.148 e. The van der Waals surface area contributed by atoms with Crippen molar-refractivity contribution < 1.29 is 27.5 Å². The zero-order valence-corrected chi connectivity index (χ0v) is 41.6. The maximum absolute atomic E-state index is 12.2. The fourth-order valence-electron chi connectivity index (χ4n) is 8.87. The van der Waals surface area contributed by atoms with Crippen LogP contribution in [0.4, 0.5) is 0 Å². The standard InChI is InChI=1S/C61H58N3O.Pt/c1-38(2)46-34-54(40(5)6)59(65)55(35-46)60-63-58-52(21-16-22-57(58)64(60)50-27-28-51(53(37-50)39(3)4)44-19-14-11-15-20-44)47-31-48(33-49(32-47)61(7,8)9)56-36-45(29-30-62-56)43-25-23-42(24-26-43)41-17-12-10-13-18-41;/h10-30,32-40,65H,1-9H3;/q-1;/i39D;. The van der Waals surface area contributed by atoms with E-state index in [4.69, 9.17) is 9.97 Å². The summed E-state index contributed by atoms with van der Waals surface area (Å²) in [6.45, 7) is 19.2. The summed E-state index contributed by atoms with van der Waals surface area (Å²) in [5.41, 5.74) is 17.3. The van der Waals surface area contributed by atoms with E-state index in [0.29, 0.717) is 11.4 Å². The molecule has 334 valence electrons. The number of hydrogen-bond acceptors (Lipinski definition) is 3. The fourth-order valence-corrected chi connectivity index (χ4v) is 8.87. The van der Waals surface area contributed by atoms with Gasteiger partial charge in [0.2, 0.25) is 0 Å². The average molecular weight is 1050 g/mol. The molecule has 5 heteroatoms. The van der Waals surface area contributed by atoms with Gasteiger partial charge in [-0.3, -0.25) is 9.55 Å². The SMILES string of the molecule is [2H]C(C)(C)c1cc(-n2c(-c3cc(C(C)C)cc(C(C)C)c3O)nc3c(-c4[c-]c(-c5cc(-c6ccc(-c7ccccc7)cc6)ccn5)cc(C(C)(C)C)c4)cccc32)ccc1-c1ccccc1.[Pt]. The van der Waals surface area contributed by atoms with Crippen molar-refractivity contribution in [1.82, 2.24) is 14.5 Å². The molecule has 66 heavy (non-hydrogen) atoms. The molecule has 0 aliphatic heterocycles. The van der Waals surface area contributed by atoms with Gasteiger partial charge in [0.1, 0.15) is 11.6 Å². The Morgan fingerprint density at radius 3 is 1.85 bits per heavy atom. The molecule has 0 aliphatic carbocycles. The maximum atomic E-state index is 12.2. The van der Waals surface area contributed by atoms with Crippen LogP contribution in [0, 0.1) is 6.07 Å². The van der Waals surface area contributed by atoms with Crippen molar-refractivity contribution in [2.24, 2.45) is 0 Å². The molecule has 9 rings (SSSR count). The van der Waals surface area contributed by atoms with Crippen LogP contribution in [0.3, 0.4) is 0 Å². The van der Waals surface area contributed by atoms with Crippen LogP contribution in [0.5, 0.6) is 5.75 Å². The molecule has 2 heterocycles. The van der Waals surface area contributed by atoms with E-state index in [1.807, 2.05) is 44.3 Å². The molecule has 0 spiro atoms. The third kappa shape index (κ3) is 9.09. The molecular formula is C61H58N3OPt-. The summed E-state index contributed by atoms with van der Waals surface area (Å²) < 4.78 is 11.6. The summed E-state index contributed by atoms with van der Waals surface area (Å²) >= 11 is 0. The van der Waals surface area contributed by atoms with Crippen molar-refractivity contribution in [3.63, 3.8) is 0 Å². The number of hydrogen-bond donors (Lipinski definition) is 1. The number of phenolic OH excluding ortho intramolecular Hbond substituents is 1. The predicted octanol–water partition coefficient (Wildman–Crippen LogP) is 16.6. The van der Waals surface area contributed by atoms with E-state index in [0.717, 1.165) is 83.6 Å². The molecule has 9 aromatic rings. The summed E-state index contributed by atoms with van der Waals surface area (Å²) in [5, 5.41) is 12.2. The minimum atomic E-state index is -0.914. The Hall–Kier alpha value is -6.35. The molecule has 7 aromatic carbocycles. The number of fused-ring (bicyclic) bond motifs is 1. The van der Waals surface area contributed by atoms with Gasteiger partial charge in [-0.1, -0.05) is 189 Å². The largest absolute Gasteiger partial charge is 0.507 e. The molecule has 2 aromatic heterocycles. The minimum Gasteiger partial charge on any atom is -0.507 e. The Morgan fingerprint density at radius 2 is 1.21 bits per heavy atom. The van der Waals surface area contributed by atoms with Crippen molar-refractivity contribution in [3.8, 4) is 78.6 Å². The quantitative estimate of drug-likeness (QED) is 0.139. The van der Waals surface area contributed by atoms with Gasteiger partial charge >= 0.3 is 0 Å². The van der Waals surface area contributed by atoms with E-state index in [1.54, 1.807) is 0 Å². The first-order valence-electron chi connectivity index (χ1n) is 23.3. The van der Waals surface area contributed by atoms with Crippen molar-refractivity contribution in [3.05, 3.63) is 192 Å². The van der Waals surface area contributed by atoms with E-state index in [9.17, 15) is 6.48 Å². The monoisotopic (exact) mass is 1040 g/mol. The Labute approximate surface area is 407 Å². The Morgan fingerprint density at radius 1 is 0.576 bits per heavy atom. The Kier molecular flexibility index (Phi) is 12.8. The molecule has 0 atom stereocenters. The maximum Gasteiger partial charge on any atom is 0.148 e. The topological polar surface area (TPSA) is 50.9 Å². The molecule has 0 bridgehead atoms. The molecule has 0 radical (unpaired) electrons. The van der Waals surface area contributed by atoms with Crippen LogP contribution in [-0.2, 0) is 26.5 Å². The molecule has 0 saturated carbocycles. The molecule has 4 nitrogen and oxygen atoms in total. The van der Waals surface area contributed by atoms with Crippen molar-refractivity contribution in [2.75, 3.05) is 0 Å². The molecule has 0 amide bonds. The Balaban J connectivity index is 0.00000608. The van der Waals surface area contributed by atoms with Crippen LogP contribution < -0.4 is 0 Å². The first-order chi connectivity index (χ1) is 31.5. The van der Waals surface area contributed by atoms with E-state index < -0.39 is 5.89 Å². The normalized spacial score (nSPS) is 12.1. The fraction of sp³-hybridized carbons (Fsp3) is 0.213. The summed E-state index contributed by atoms with van der Waals surface area (Å²) in [7, 11) is 0. The number of nitrogens with zero attached hydrogens (tertiary/aromatic N) is 3. The molecule has 0 aliphatic rings. The van der Waals surface area contributed by atoms with Crippen LogP contribution in [-0.4, -0.2) is 19.6 Å². The first kappa shape index (κ1) is 44.8. The summed E-state index contributed by atoms with van der Waals surface area (Å²) in [5.74, 6) is 0.276. The van der Waals surface area contributed by atoms with Crippen LogP contribution in [0.1, 0.15) is 104 Å². The van der Waals surface area contributed by atoms with Gasteiger partial charge in [-0.2, -0.15) is 0 Å². The van der Waals surface area contributed by atoms with E-state index >= 15 is 0 Å². The Bertz CT molecular complexity index is 3210. The minimum absolute atomic E-state index is 0. The molecule has 0 fully saturated rings. The molecule has 1 N–H and O–H groups in total. The van der Waals surface area contributed by atoms with Crippen LogP contribution in [0.2, 0.25) is 0 Å². The van der Waals surface area contributed by atoms with Gasteiger partial charge in [0.15, 0.2) is 0 Å². The third-order valence-corrected chi connectivity index (χ3v) is 12.6. The van der Waals surface area contributed by atoms with Crippen molar-refractivity contribution in [1.29, 1.82) is 0 Å². The number of phenols is 1. The van der Waals surface area contributed by atoms with E-state index in [2.05, 4.69) is 193 Å². The number of para-hydroxylation sites is 1. The van der Waals surface area contributed by atoms with Crippen LogP contribution in [0.25, 0.3) is 83.9 Å². The number of rotatable bonds is 10. The summed E-state index contributed by atoms with van der Waals surface area (Å²) in [6, 6.07) is 59.0. The number of imidazole rings is 1. The van der Waals surface area contributed by atoms with Crippen molar-refractivity contribution >= 4 is 11.0 Å². The number of aromatic hydroxyl groups is 1. The van der Waals surface area contributed by atoms with Crippen molar-refractivity contribution in [2.45, 2.75) is 85.5 Å². The van der Waals surface area contributed by atoms with Gasteiger partial charge in [-0.25, -0.2) is 4.98 Å². The van der Waals surface area contributed by atoms with Gasteiger partial charge in [0.05, 0.1) is 16.6 Å². The van der Waals surface area contributed by atoms with Gasteiger partial charge in [-0.15, -0.1) is 29.3 Å². The molecular weight excluding hydrogens is 986 g/mol. The van der Waals surface area contributed by atoms with Gasteiger partial charge in [0, 0.05) is 40.0 Å². The number of aromatic nitrogens is 3.